The Bertz CT molecular complexity index is 715. The third kappa shape index (κ3) is 3.86. The molecular formula is C16H19ClN6O. The smallest absolute Gasteiger partial charge is 0.269 e. The van der Waals surface area contributed by atoms with Crippen LogP contribution < -0.4 is 21.9 Å². The van der Waals surface area contributed by atoms with Crippen LogP contribution in [0.15, 0.2) is 30.6 Å². The molecule has 1 aliphatic carbocycles. The van der Waals surface area contributed by atoms with E-state index in [9.17, 15) is 4.79 Å². The molecule has 0 aliphatic heterocycles. The lowest BCUT2D eigenvalue weighted by molar-refractivity contribution is 0.0962. The highest BCUT2D eigenvalue weighted by Crippen LogP contribution is 2.27. The molecule has 2 aromatic rings. The Morgan fingerprint density at radius 1 is 1.12 bits per heavy atom. The second kappa shape index (κ2) is 7.35. The number of benzene rings is 1. The van der Waals surface area contributed by atoms with Crippen molar-refractivity contribution in [2.45, 2.75) is 31.7 Å². The Hall–Kier alpha value is -2.54. The monoisotopic (exact) mass is 346 g/mol. The van der Waals surface area contributed by atoms with Crippen LogP contribution in [0.5, 0.6) is 0 Å². The van der Waals surface area contributed by atoms with Crippen molar-refractivity contribution in [3.05, 3.63) is 41.2 Å². The van der Waals surface area contributed by atoms with Crippen LogP contribution in [0.2, 0.25) is 5.02 Å². The predicted octanol–water partition coefficient (Wildman–Crippen LogP) is 2.82. The number of aromatic nitrogens is 2. The summed E-state index contributed by atoms with van der Waals surface area (Å²) in [7, 11) is 0. The number of halogens is 1. The average molecular weight is 347 g/mol. The first-order valence-electron chi connectivity index (χ1n) is 7.82. The number of nitrogen functional groups attached to an aromatic ring is 1. The molecule has 8 heteroatoms. The summed E-state index contributed by atoms with van der Waals surface area (Å²) in [6.07, 6.45) is 6.05. The van der Waals surface area contributed by atoms with Crippen molar-refractivity contribution in [3.63, 3.8) is 0 Å². The first-order chi connectivity index (χ1) is 11.6. The van der Waals surface area contributed by atoms with Crippen molar-refractivity contribution in [2.75, 3.05) is 16.5 Å². The maximum atomic E-state index is 12.1. The Kier molecular flexibility index (Phi) is 5.00. The molecule has 0 spiro atoms. The summed E-state index contributed by atoms with van der Waals surface area (Å²) < 4.78 is 0. The second-order valence-electron chi connectivity index (χ2n) is 5.70. The molecule has 126 valence electrons. The van der Waals surface area contributed by atoms with Crippen LogP contribution in [0.3, 0.4) is 0 Å². The molecule has 0 saturated heterocycles. The van der Waals surface area contributed by atoms with E-state index in [1.54, 1.807) is 24.3 Å². The minimum atomic E-state index is -0.310. The van der Waals surface area contributed by atoms with E-state index in [1.165, 1.54) is 19.2 Å². The van der Waals surface area contributed by atoms with Gasteiger partial charge in [0.15, 0.2) is 11.6 Å². The van der Waals surface area contributed by atoms with Crippen LogP contribution in [0.4, 0.5) is 17.3 Å². The molecule has 0 bridgehead atoms. The van der Waals surface area contributed by atoms with Gasteiger partial charge in [-0.05, 0) is 37.1 Å². The number of hydrazine groups is 1. The minimum Gasteiger partial charge on any atom is -0.393 e. The lowest BCUT2D eigenvalue weighted by Crippen LogP contribution is -2.30. The molecule has 1 amide bonds. The summed E-state index contributed by atoms with van der Waals surface area (Å²) >= 11 is 5.81. The van der Waals surface area contributed by atoms with Crippen LogP contribution in [0, 0.1) is 0 Å². The Balaban J connectivity index is 1.64. The molecule has 7 nitrogen and oxygen atoms in total. The molecule has 1 aromatic heterocycles. The van der Waals surface area contributed by atoms with E-state index >= 15 is 0 Å². The Morgan fingerprint density at radius 2 is 1.79 bits per heavy atom. The van der Waals surface area contributed by atoms with Gasteiger partial charge in [-0.25, -0.2) is 9.97 Å². The molecule has 1 heterocycles. The van der Waals surface area contributed by atoms with Gasteiger partial charge in [-0.2, -0.15) is 0 Å². The molecule has 3 rings (SSSR count). The molecule has 24 heavy (non-hydrogen) atoms. The van der Waals surface area contributed by atoms with Gasteiger partial charge in [0.25, 0.3) is 5.91 Å². The topological polar surface area (TPSA) is 105 Å². The lowest BCUT2D eigenvalue weighted by Gasteiger charge is -2.16. The zero-order valence-corrected chi connectivity index (χ0v) is 13.8. The molecule has 0 radical (unpaired) electrons. The van der Waals surface area contributed by atoms with Crippen molar-refractivity contribution < 1.29 is 4.79 Å². The maximum Gasteiger partial charge on any atom is 0.269 e. The first-order valence-corrected chi connectivity index (χ1v) is 8.20. The van der Waals surface area contributed by atoms with Gasteiger partial charge in [0.05, 0.1) is 0 Å². The Morgan fingerprint density at radius 3 is 2.50 bits per heavy atom. The van der Waals surface area contributed by atoms with Crippen LogP contribution >= 0.6 is 11.6 Å². The summed E-state index contributed by atoms with van der Waals surface area (Å²) in [5.74, 6) is 0.628. The highest BCUT2D eigenvalue weighted by Gasteiger charge is 2.17. The number of anilines is 3. The van der Waals surface area contributed by atoms with Gasteiger partial charge in [-0.15, -0.1) is 0 Å². The Labute approximate surface area is 145 Å². The van der Waals surface area contributed by atoms with Crippen LogP contribution in [-0.4, -0.2) is 21.9 Å². The van der Waals surface area contributed by atoms with E-state index in [2.05, 4.69) is 26.1 Å². The van der Waals surface area contributed by atoms with E-state index in [1.807, 2.05) is 0 Å². The summed E-state index contributed by atoms with van der Waals surface area (Å²) in [6, 6.07) is 6.96. The van der Waals surface area contributed by atoms with E-state index in [-0.39, 0.29) is 5.91 Å². The van der Waals surface area contributed by atoms with Gasteiger partial charge >= 0.3 is 0 Å². The third-order valence-electron chi connectivity index (χ3n) is 3.98. The SMILES string of the molecule is Nc1c(NNC(=O)c2ccc(Cl)cc2)ncnc1NC1CCCC1. The number of carbonyl (C=O) groups excluding carboxylic acids is 1. The number of carbonyl (C=O) groups is 1. The normalized spacial score (nSPS) is 14.4. The molecule has 0 atom stereocenters. The van der Waals surface area contributed by atoms with Crippen LogP contribution in [0.1, 0.15) is 36.0 Å². The van der Waals surface area contributed by atoms with Crippen molar-refractivity contribution in [1.82, 2.24) is 15.4 Å². The largest absolute Gasteiger partial charge is 0.393 e. The number of hydrogen-bond acceptors (Lipinski definition) is 6. The molecule has 5 N–H and O–H groups in total. The van der Waals surface area contributed by atoms with E-state index in [0.29, 0.717) is 34.0 Å². The quantitative estimate of drug-likeness (QED) is 0.620. The fourth-order valence-corrected chi connectivity index (χ4v) is 2.79. The van der Waals surface area contributed by atoms with E-state index in [4.69, 9.17) is 17.3 Å². The standard InChI is InChI=1S/C16H19ClN6O/c17-11-7-5-10(6-8-11)16(24)23-22-15-13(18)14(19-9-20-15)21-12-3-1-2-4-12/h5-9,12H,1-4,18H2,(H,23,24)(H2,19,20,21,22). The van der Waals surface area contributed by atoms with Gasteiger partial charge in [0, 0.05) is 16.6 Å². The molecule has 0 unspecified atom stereocenters. The fourth-order valence-electron chi connectivity index (χ4n) is 2.66. The molecular weight excluding hydrogens is 328 g/mol. The lowest BCUT2D eigenvalue weighted by atomic mass is 10.2. The van der Waals surface area contributed by atoms with Gasteiger partial charge < -0.3 is 11.1 Å². The number of nitrogens with one attached hydrogen (secondary N) is 3. The average Bonchev–Trinajstić information content (AvgIpc) is 3.09. The summed E-state index contributed by atoms with van der Waals surface area (Å²) in [4.78, 5) is 20.3. The number of nitrogens with two attached hydrogens (primary N) is 1. The summed E-state index contributed by atoms with van der Waals surface area (Å²) in [6.45, 7) is 0. The van der Waals surface area contributed by atoms with Crippen molar-refractivity contribution in [2.24, 2.45) is 0 Å². The van der Waals surface area contributed by atoms with E-state index in [0.717, 1.165) is 12.8 Å². The summed E-state index contributed by atoms with van der Waals surface area (Å²) in [5.41, 5.74) is 12.2. The zero-order valence-electron chi connectivity index (χ0n) is 13.1. The number of hydrogen-bond donors (Lipinski definition) is 4. The van der Waals surface area contributed by atoms with Gasteiger partial charge in [0.2, 0.25) is 0 Å². The van der Waals surface area contributed by atoms with Crippen molar-refractivity contribution in [3.8, 4) is 0 Å². The minimum absolute atomic E-state index is 0.310. The van der Waals surface area contributed by atoms with Crippen molar-refractivity contribution in [1.29, 1.82) is 0 Å². The summed E-state index contributed by atoms with van der Waals surface area (Å²) in [5, 5.41) is 3.90. The van der Waals surface area contributed by atoms with Crippen LogP contribution in [-0.2, 0) is 0 Å². The zero-order chi connectivity index (χ0) is 16.9. The third-order valence-corrected chi connectivity index (χ3v) is 4.23. The van der Waals surface area contributed by atoms with Crippen molar-refractivity contribution >= 4 is 34.8 Å². The number of nitrogens with zero attached hydrogens (tertiary/aromatic N) is 2. The molecule has 1 saturated carbocycles. The number of amides is 1. The molecule has 1 aliphatic rings. The highest BCUT2D eigenvalue weighted by atomic mass is 35.5. The highest BCUT2D eigenvalue weighted by molar-refractivity contribution is 6.30. The van der Waals surface area contributed by atoms with Gasteiger partial charge in [0.1, 0.15) is 12.0 Å². The second-order valence-corrected chi connectivity index (χ2v) is 6.13. The predicted molar refractivity (Wildman–Crippen MR) is 94.9 cm³/mol. The molecule has 1 aromatic carbocycles. The van der Waals surface area contributed by atoms with Gasteiger partial charge in [-0.1, -0.05) is 24.4 Å². The van der Waals surface area contributed by atoms with Crippen LogP contribution in [0.25, 0.3) is 0 Å². The molecule has 1 fully saturated rings. The van der Waals surface area contributed by atoms with Gasteiger partial charge in [-0.3, -0.25) is 15.6 Å². The fraction of sp³-hybridized carbons (Fsp3) is 0.312. The number of rotatable bonds is 5. The van der Waals surface area contributed by atoms with E-state index < -0.39 is 0 Å². The first kappa shape index (κ1) is 16.3. The maximum absolute atomic E-state index is 12.1.